The SMILES string of the molecule is O=C(NCC1Cc2ccccc2O1)c1nc2sc3c(c2c(=O)[nH]1)CCC3. The lowest BCUT2D eigenvalue weighted by molar-refractivity contribution is 0.0923. The van der Waals surface area contributed by atoms with E-state index in [-0.39, 0.29) is 23.4 Å². The fraction of sp³-hybridized carbons (Fsp3) is 0.316. The van der Waals surface area contributed by atoms with Gasteiger partial charge in [0.05, 0.1) is 11.9 Å². The number of aromatic amines is 1. The third kappa shape index (κ3) is 2.50. The minimum Gasteiger partial charge on any atom is -0.488 e. The fourth-order valence-corrected chi connectivity index (χ4v) is 5.03. The molecule has 1 amide bonds. The van der Waals surface area contributed by atoms with Crippen LogP contribution in [0.1, 0.15) is 33.0 Å². The summed E-state index contributed by atoms with van der Waals surface area (Å²) in [5.41, 5.74) is 2.04. The van der Waals surface area contributed by atoms with E-state index in [4.69, 9.17) is 4.74 Å². The summed E-state index contributed by atoms with van der Waals surface area (Å²) in [7, 11) is 0. The molecule has 1 unspecified atom stereocenters. The smallest absolute Gasteiger partial charge is 0.287 e. The molecule has 0 spiro atoms. The molecule has 0 saturated carbocycles. The summed E-state index contributed by atoms with van der Waals surface area (Å²) in [5.74, 6) is 0.558. The molecular weight excluding hydrogens is 350 g/mol. The van der Waals surface area contributed by atoms with E-state index in [2.05, 4.69) is 15.3 Å². The lowest BCUT2D eigenvalue weighted by Gasteiger charge is -2.11. The van der Waals surface area contributed by atoms with Crippen LogP contribution >= 0.6 is 11.3 Å². The molecule has 7 heteroatoms. The second-order valence-electron chi connectivity index (χ2n) is 6.71. The first kappa shape index (κ1) is 15.6. The number of benzene rings is 1. The fourth-order valence-electron chi connectivity index (χ4n) is 3.77. The molecule has 0 bridgehead atoms. The van der Waals surface area contributed by atoms with Crippen LogP contribution in [0, 0.1) is 0 Å². The van der Waals surface area contributed by atoms with Gasteiger partial charge < -0.3 is 15.0 Å². The van der Waals surface area contributed by atoms with Gasteiger partial charge in [-0.25, -0.2) is 4.98 Å². The zero-order valence-electron chi connectivity index (χ0n) is 14.0. The predicted molar refractivity (Wildman–Crippen MR) is 99.2 cm³/mol. The monoisotopic (exact) mass is 367 g/mol. The van der Waals surface area contributed by atoms with Crippen molar-refractivity contribution in [3.63, 3.8) is 0 Å². The third-order valence-corrected chi connectivity index (χ3v) is 6.18. The molecule has 0 radical (unpaired) electrons. The highest BCUT2D eigenvalue weighted by Gasteiger charge is 2.25. The largest absolute Gasteiger partial charge is 0.488 e. The molecule has 132 valence electrons. The molecular formula is C19H17N3O3S. The predicted octanol–water partition coefficient (Wildman–Crippen LogP) is 2.21. The van der Waals surface area contributed by atoms with Crippen molar-refractivity contribution in [1.29, 1.82) is 0 Å². The minimum absolute atomic E-state index is 0.0675. The van der Waals surface area contributed by atoms with Crippen LogP contribution in [-0.4, -0.2) is 28.5 Å². The number of carbonyl (C=O) groups excluding carboxylic acids is 1. The van der Waals surface area contributed by atoms with Crippen molar-refractivity contribution in [3.05, 3.63) is 56.4 Å². The van der Waals surface area contributed by atoms with Gasteiger partial charge in [-0.05, 0) is 36.5 Å². The van der Waals surface area contributed by atoms with E-state index in [0.29, 0.717) is 16.8 Å². The maximum Gasteiger partial charge on any atom is 0.287 e. The number of amides is 1. The molecule has 6 nitrogen and oxygen atoms in total. The zero-order chi connectivity index (χ0) is 17.7. The Bertz CT molecular complexity index is 1060. The maximum absolute atomic E-state index is 12.5. The Morgan fingerprint density at radius 3 is 3.12 bits per heavy atom. The first-order valence-electron chi connectivity index (χ1n) is 8.76. The van der Waals surface area contributed by atoms with E-state index in [0.717, 1.165) is 42.6 Å². The van der Waals surface area contributed by atoms with Crippen molar-refractivity contribution in [2.45, 2.75) is 31.8 Å². The molecule has 0 saturated heterocycles. The van der Waals surface area contributed by atoms with Crippen LogP contribution in [-0.2, 0) is 19.3 Å². The van der Waals surface area contributed by atoms with Gasteiger partial charge in [0.15, 0.2) is 0 Å². The number of nitrogens with one attached hydrogen (secondary N) is 2. The van der Waals surface area contributed by atoms with E-state index < -0.39 is 0 Å². The van der Waals surface area contributed by atoms with Gasteiger partial charge in [0.1, 0.15) is 16.7 Å². The summed E-state index contributed by atoms with van der Waals surface area (Å²) in [6.07, 6.45) is 3.67. The second-order valence-corrected chi connectivity index (χ2v) is 7.80. The van der Waals surface area contributed by atoms with Crippen LogP contribution < -0.4 is 15.6 Å². The zero-order valence-corrected chi connectivity index (χ0v) is 14.8. The highest BCUT2D eigenvalue weighted by Crippen LogP contribution is 2.34. The van der Waals surface area contributed by atoms with Crippen LogP contribution in [0.2, 0.25) is 0 Å². The molecule has 5 rings (SSSR count). The van der Waals surface area contributed by atoms with Gasteiger partial charge in [0, 0.05) is 11.3 Å². The highest BCUT2D eigenvalue weighted by atomic mass is 32.1. The number of rotatable bonds is 3. The number of hydrogen-bond acceptors (Lipinski definition) is 5. The number of H-pyrrole nitrogens is 1. The van der Waals surface area contributed by atoms with Crippen LogP contribution in [0.4, 0.5) is 0 Å². The van der Waals surface area contributed by atoms with E-state index in [1.165, 1.54) is 16.2 Å². The average Bonchev–Trinajstić information content (AvgIpc) is 3.32. The van der Waals surface area contributed by atoms with Gasteiger partial charge in [-0.1, -0.05) is 18.2 Å². The Kier molecular flexibility index (Phi) is 3.56. The van der Waals surface area contributed by atoms with E-state index >= 15 is 0 Å². The maximum atomic E-state index is 12.5. The molecule has 2 N–H and O–H groups in total. The number of para-hydroxylation sites is 1. The molecule has 1 aromatic carbocycles. The van der Waals surface area contributed by atoms with E-state index in [9.17, 15) is 9.59 Å². The van der Waals surface area contributed by atoms with E-state index in [1.807, 2.05) is 24.3 Å². The summed E-state index contributed by atoms with van der Waals surface area (Å²) in [6.45, 7) is 0.371. The van der Waals surface area contributed by atoms with Crippen molar-refractivity contribution in [2.75, 3.05) is 6.54 Å². The summed E-state index contributed by atoms with van der Waals surface area (Å²) in [4.78, 5) is 33.8. The molecule has 2 aliphatic rings. The standard InChI is InChI=1S/C19H17N3O3S/c23-17-15-12-5-3-7-14(12)26-19(15)22-16(21-17)18(24)20-9-11-8-10-4-1-2-6-13(10)25-11/h1-2,4,6,11H,3,5,7-9H2,(H,20,24)(H,21,22,23). The highest BCUT2D eigenvalue weighted by molar-refractivity contribution is 7.18. The number of carbonyl (C=O) groups is 1. The topological polar surface area (TPSA) is 84.1 Å². The molecule has 3 aromatic rings. The van der Waals surface area contributed by atoms with Gasteiger partial charge >= 0.3 is 0 Å². The average molecular weight is 367 g/mol. The van der Waals surface area contributed by atoms with Gasteiger partial charge in [0.2, 0.25) is 5.82 Å². The van der Waals surface area contributed by atoms with Crippen molar-refractivity contribution in [3.8, 4) is 5.75 Å². The molecule has 1 aliphatic heterocycles. The van der Waals surface area contributed by atoms with Crippen LogP contribution in [0.15, 0.2) is 29.1 Å². The first-order chi connectivity index (χ1) is 12.7. The molecule has 0 fully saturated rings. The summed E-state index contributed by atoms with van der Waals surface area (Å²) < 4.78 is 5.82. The lowest BCUT2D eigenvalue weighted by atomic mass is 10.1. The third-order valence-electron chi connectivity index (χ3n) is 4.99. The van der Waals surface area contributed by atoms with Crippen molar-refractivity contribution in [2.24, 2.45) is 0 Å². The Balaban J connectivity index is 1.33. The quantitative estimate of drug-likeness (QED) is 0.743. The number of aromatic nitrogens is 2. The Labute approximate surface area is 153 Å². The Morgan fingerprint density at radius 2 is 2.23 bits per heavy atom. The van der Waals surface area contributed by atoms with Crippen molar-refractivity contribution >= 4 is 27.5 Å². The Hall–Kier alpha value is -2.67. The van der Waals surface area contributed by atoms with Crippen LogP contribution in [0.3, 0.4) is 0 Å². The van der Waals surface area contributed by atoms with Crippen molar-refractivity contribution < 1.29 is 9.53 Å². The van der Waals surface area contributed by atoms with Crippen LogP contribution in [0.5, 0.6) is 5.75 Å². The summed E-state index contributed by atoms with van der Waals surface area (Å²) in [5, 5.41) is 3.49. The van der Waals surface area contributed by atoms with Gasteiger partial charge in [-0.2, -0.15) is 0 Å². The summed E-state index contributed by atoms with van der Waals surface area (Å²) in [6, 6.07) is 7.87. The number of ether oxygens (including phenoxy) is 1. The second kappa shape index (κ2) is 5.95. The number of aryl methyl sites for hydroxylation is 2. The number of fused-ring (bicyclic) bond motifs is 4. The minimum atomic E-state index is -0.378. The normalized spacial score (nSPS) is 17.8. The first-order valence-corrected chi connectivity index (χ1v) is 9.58. The number of hydrogen-bond donors (Lipinski definition) is 2. The Morgan fingerprint density at radius 1 is 1.35 bits per heavy atom. The van der Waals surface area contributed by atoms with Gasteiger partial charge in [-0.3, -0.25) is 9.59 Å². The molecule has 1 aliphatic carbocycles. The van der Waals surface area contributed by atoms with E-state index in [1.54, 1.807) is 0 Å². The molecule has 26 heavy (non-hydrogen) atoms. The van der Waals surface area contributed by atoms with Crippen molar-refractivity contribution in [1.82, 2.24) is 15.3 Å². The number of nitrogens with zero attached hydrogens (tertiary/aromatic N) is 1. The van der Waals surface area contributed by atoms with Crippen LogP contribution in [0.25, 0.3) is 10.2 Å². The number of thiophene rings is 1. The molecule has 1 atom stereocenters. The summed E-state index contributed by atoms with van der Waals surface area (Å²) >= 11 is 1.53. The van der Waals surface area contributed by atoms with Gasteiger partial charge in [0.25, 0.3) is 11.5 Å². The van der Waals surface area contributed by atoms with Gasteiger partial charge in [-0.15, -0.1) is 11.3 Å². The lowest BCUT2D eigenvalue weighted by Crippen LogP contribution is -2.36. The molecule has 3 heterocycles. The molecule has 2 aromatic heterocycles.